The van der Waals surface area contributed by atoms with Crippen molar-refractivity contribution in [1.82, 2.24) is 9.97 Å². The van der Waals surface area contributed by atoms with Crippen molar-refractivity contribution in [3.63, 3.8) is 0 Å². The second kappa shape index (κ2) is 5.39. The molecule has 0 radical (unpaired) electrons. The zero-order chi connectivity index (χ0) is 10.4. The SMILES string of the molecule is CC(=O)SCC=Cc1ncc(O)cn1. The van der Waals surface area contributed by atoms with Crippen molar-refractivity contribution in [1.29, 1.82) is 0 Å². The van der Waals surface area contributed by atoms with Gasteiger partial charge in [0, 0.05) is 12.7 Å². The standard InChI is InChI=1S/C9H10N2O2S/c1-7(12)14-4-2-3-9-10-5-8(13)6-11-9/h2-3,5-6,13H,4H2,1H3. The van der Waals surface area contributed by atoms with Crippen molar-refractivity contribution in [3.8, 4) is 5.75 Å². The van der Waals surface area contributed by atoms with E-state index < -0.39 is 0 Å². The average molecular weight is 210 g/mol. The molecule has 74 valence electrons. The first-order valence-corrected chi connectivity index (χ1v) is 4.98. The minimum Gasteiger partial charge on any atom is -0.505 e. The number of nitrogens with zero attached hydrogens (tertiary/aromatic N) is 2. The monoisotopic (exact) mass is 210 g/mol. The number of aromatic nitrogens is 2. The maximum Gasteiger partial charge on any atom is 0.186 e. The Morgan fingerprint density at radius 1 is 1.57 bits per heavy atom. The molecule has 5 heteroatoms. The lowest BCUT2D eigenvalue weighted by atomic mass is 10.5. The molecule has 0 atom stereocenters. The van der Waals surface area contributed by atoms with E-state index in [1.54, 1.807) is 12.2 Å². The summed E-state index contributed by atoms with van der Waals surface area (Å²) in [4.78, 5) is 18.3. The van der Waals surface area contributed by atoms with Gasteiger partial charge in [0.05, 0.1) is 12.4 Å². The van der Waals surface area contributed by atoms with Gasteiger partial charge in [0.1, 0.15) is 0 Å². The summed E-state index contributed by atoms with van der Waals surface area (Å²) in [6.45, 7) is 1.52. The molecule has 0 aromatic carbocycles. The topological polar surface area (TPSA) is 63.1 Å². The lowest BCUT2D eigenvalue weighted by Gasteiger charge is -1.92. The largest absolute Gasteiger partial charge is 0.505 e. The highest BCUT2D eigenvalue weighted by atomic mass is 32.2. The number of hydrogen-bond acceptors (Lipinski definition) is 5. The summed E-state index contributed by atoms with van der Waals surface area (Å²) < 4.78 is 0. The molecule has 1 rings (SSSR count). The van der Waals surface area contributed by atoms with Crippen LogP contribution in [0.1, 0.15) is 12.7 Å². The molecule has 1 aromatic rings. The molecule has 14 heavy (non-hydrogen) atoms. The smallest absolute Gasteiger partial charge is 0.186 e. The molecular formula is C9H10N2O2S. The number of hydrogen-bond donors (Lipinski definition) is 1. The van der Waals surface area contributed by atoms with Gasteiger partial charge in [-0.1, -0.05) is 17.8 Å². The molecule has 0 unspecified atom stereocenters. The first kappa shape index (κ1) is 10.7. The van der Waals surface area contributed by atoms with Crippen LogP contribution in [0.5, 0.6) is 5.75 Å². The lowest BCUT2D eigenvalue weighted by Crippen LogP contribution is -1.86. The van der Waals surface area contributed by atoms with Gasteiger partial charge in [-0.25, -0.2) is 9.97 Å². The van der Waals surface area contributed by atoms with E-state index in [9.17, 15) is 4.79 Å². The molecule has 0 saturated carbocycles. The van der Waals surface area contributed by atoms with Gasteiger partial charge in [-0.3, -0.25) is 4.79 Å². The fourth-order valence-electron chi connectivity index (χ4n) is 0.736. The van der Waals surface area contributed by atoms with E-state index in [2.05, 4.69) is 9.97 Å². The molecule has 0 fully saturated rings. The van der Waals surface area contributed by atoms with Gasteiger partial charge < -0.3 is 5.11 Å². The van der Waals surface area contributed by atoms with Crippen LogP contribution in [0.4, 0.5) is 0 Å². The number of carbonyl (C=O) groups is 1. The highest BCUT2D eigenvalue weighted by Gasteiger charge is 1.92. The first-order valence-electron chi connectivity index (χ1n) is 3.99. The molecule has 0 saturated heterocycles. The predicted molar refractivity (Wildman–Crippen MR) is 55.9 cm³/mol. The Balaban J connectivity index is 2.44. The Kier molecular flexibility index (Phi) is 4.12. The molecule has 0 amide bonds. The normalized spacial score (nSPS) is 10.6. The fraction of sp³-hybridized carbons (Fsp3) is 0.222. The molecule has 0 spiro atoms. The van der Waals surface area contributed by atoms with Gasteiger partial charge in [-0.15, -0.1) is 0 Å². The van der Waals surface area contributed by atoms with Crippen LogP contribution < -0.4 is 0 Å². The van der Waals surface area contributed by atoms with Crippen molar-refractivity contribution in [2.75, 3.05) is 5.75 Å². The van der Waals surface area contributed by atoms with Crippen LogP contribution in [0.25, 0.3) is 6.08 Å². The summed E-state index contributed by atoms with van der Waals surface area (Å²) in [7, 11) is 0. The molecule has 1 heterocycles. The number of aromatic hydroxyl groups is 1. The highest BCUT2D eigenvalue weighted by Crippen LogP contribution is 2.05. The molecule has 0 aliphatic rings. The number of rotatable bonds is 3. The Morgan fingerprint density at radius 2 is 2.21 bits per heavy atom. The third kappa shape index (κ3) is 4.04. The van der Waals surface area contributed by atoms with Gasteiger partial charge in [0.25, 0.3) is 0 Å². The summed E-state index contributed by atoms with van der Waals surface area (Å²) >= 11 is 1.22. The molecule has 4 nitrogen and oxygen atoms in total. The van der Waals surface area contributed by atoms with Gasteiger partial charge in [0.2, 0.25) is 0 Å². The molecule has 0 bridgehead atoms. The fourth-order valence-corrected chi connectivity index (χ4v) is 1.16. The van der Waals surface area contributed by atoms with Crippen LogP contribution in [-0.4, -0.2) is 25.9 Å². The van der Waals surface area contributed by atoms with E-state index in [1.165, 1.54) is 31.1 Å². The maximum atomic E-state index is 10.6. The van der Waals surface area contributed by atoms with Crippen LogP contribution in [0.2, 0.25) is 0 Å². The second-order valence-corrected chi connectivity index (χ2v) is 3.70. The minimum atomic E-state index is 0.0419. The zero-order valence-corrected chi connectivity index (χ0v) is 8.49. The third-order valence-electron chi connectivity index (χ3n) is 1.31. The summed E-state index contributed by atoms with van der Waals surface area (Å²) in [5.74, 6) is 1.17. The van der Waals surface area contributed by atoms with Crippen molar-refractivity contribution in [2.45, 2.75) is 6.92 Å². The Labute approximate surface area is 86.1 Å². The quantitative estimate of drug-likeness (QED) is 0.818. The average Bonchev–Trinajstić information content (AvgIpc) is 2.15. The number of carbonyl (C=O) groups excluding carboxylic acids is 1. The number of thioether (sulfide) groups is 1. The zero-order valence-electron chi connectivity index (χ0n) is 7.67. The molecular weight excluding hydrogens is 200 g/mol. The first-order chi connectivity index (χ1) is 6.68. The van der Waals surface area contributed by atoms with Gasteiger partial charge in [-0.05, 0) is 6.08 Å². The maximum absolute atomic E-state index is 10.6. The van der Waals surface area contributed by atoms with E-state index in [0.717, 1.165) is 0 Å². The predicted octanol–water partition coefficient (Wildman–Crippen LogP) is 1.48. The van der Waals surface area contributed by atoms with Crippen LogP contribution in [0, 0.1) is 0 Å². The molecule has 1 aromatic heterocycles. The van der Waals surface area contributed by atoms with E-state index >= 15 is 0 Å². The van der Waals surface area contributed by atoms with Gasteiger partial charge >= 0.3 is 0 Å². The van der Waals surface area contributed by atoms with Crippen molar-refractivity contribution in [2.24, 2.45) is 0 Å². The third-order valence-corrected chi connectivity index (χ3v) is 2.07. The van der Waals surface area contributed by atoms with E-state index in [0.29, 0.717) is 11.6 Å². The summed E-state index contributed by atoms with van der Waals surface area (Å²) in [6, 6.07) is 0. The second-order valence-electron chi connectivity index (χ2n) is 2.50. The van der Waals surface area contributed by atoms with Crippen molar-refractivity contribution < 1.29 is 9.90 Å². The van der Waals surface area contributed by atoms with Gasteiger partial charge in [0.15, 0.2) is 16.7 Å². The molecule has 0 aliphatic heterocycles. The summed E-state index contributed by atoms with van der Waals surface area (Å²) in [5, 5.41) is 8.99. The van der Waals surface area contributed by atoms with Crippen LogP contribution in [0.3, 0.4) is 0 Å². The van der Waals surface area contributed by atoms with E-state index in [1.807, 2.05) is 0 Å². The van der Waals surface area contributed by atoms with Crippen LogP contribution in [0.15, 0.2) is 18.5 Å². The minimum absolute atomic E-state index is 0.0419. The summed E-state index contributed by atoms with van der Waals surface area (Å²) in [6.07, 6.45) is 6.16. The van der Waals surface area contributed by atoms with Crippen LogP contribution >= 0.6 is 11.8 Å². The molecule has 0 aliphatic carbocycles. The molecule has 1 N–H and O–H groups in total. The van der Waals surface area contributed by atoms with E-state index in [-0.39, 0.29) is 10.9 Å². The van der Waals surface area contributed by atoms with Gasteiger partial charge in [-0.2, -0.15) is 0 Å². The van der Waals surface area contributed by atoms with Crippen molar-refractivity contribution >= 4 is 23.0 Å². The Hall–Kier alpha value is -1.36. The highest BCUT2D eigenvalue weighted by molar-refractivity contribution is 8.13. The Bertz CT molecular complexity index is 335. The van der Waals surface area contributed by atoms with E-state index in [4.69, 9.17) is 5.11 Å². The Morgan fingerprint density at radius 3 is 2.79 bits per heavy atom. The van der Waals surface area contributed by atoms with Crippen molar-refractivity contribution in [3.05, 3.63) is 24.3 Å². The van der Waals surface area contributed by atoms with Crippen LogP contribution in [-0.2, 0) is 4.79 Å². The summed E-state index contributed by atoms with van der Waals surface area (Å²) in [5.41, 5.74) is 0. The lowest BCUT2D eigenvalue weighted by molar-refractivity contribution is -0.109.